The van der Waals surface area contributed by atoms with E-state index in [1.54, 1.807) is 20.4 Å². The van der Waals surface area contributed by atoms with Gasteiger partial charge >= 0.3 is 0 Å². The van der Waals surface area contributed by atoms with Crippen molar-refractivity contribution in [3.63, 3.8) is 0 Å². The van der Waals surface area contributed by atoms with Gasteiger partial charge in [0.05, 0.1) is 20.3 Å². The Morgan fingerprint density at radius 1 is 1.11 bits per heavy atom. The van der Waals surface area contributed by atoms with E-state index >= 15 is 0 Å². The highest BCUT2D eigenvalue weighted by Gasteiger charge is 2.14. The lowest BCUT2D eigenvalue weighted by atomic mass is 9.97. The maximum Gasteiger partial charge on any atom is 0.161 e. The zero-order valence-corrected chi connectivity index (χ0v) is 11.4. The molecule has 1 atom stereocenters. The second-order valence-electron chi connectivity index (χ2n) is 4.32. The molecule has 19 heavy (non-hydrogen) atoms. The zero-order chi connectivity index (χ0) is 13.8. The fourth-order valence-electron chi connectivity index (χ4n) is 2.06. The molecule has 2 rings (SSSR count). The predicted octanol–water partition coefficient (Wildman–Crippen LogP) is 2.46. The van der Waals surface area contributed by atoms with Crippen molar-refractivity contribution in [1.29, 1.82) is 0 Å². The minimum absolute atomic E-state index is 0.206. The first-order valence-corrected chi connectivity index (χ1v) is 6.05. The maximum atomic E-state index is 6.31. The molecule has 2 aromatic rings. The molecule has 0 spiro atoms. The monoisotopic (exact) mass is 258 g/mol. The number of aromatic nitrogens is 1. The SMILES string of the molecule is COc1ccc(C(N)c2ccncc2C)cc1OC. The largest absolute Gasteiger partial charge is 0.493 e. The van der Waals surface area contributed by atoms with Gasteiger partial charge in [-0.1, -0.05) is 6.07 Å². The van der Waals surface area contributed by atoms with Gasteiger partial charge in [-0.3, -0.25) is 4.98 Å². The van der Waals surface area contributed by atoms with Crippen LogP contribution in [0.25, 0.3) is 0 Å². The molecule has 0 aliphatic carbocycles. The summed E-state index contributed by atoms with van der Waals surface area (Å²) in [5.74, 6) is 1.38. The van der Waals surface area contributed by atoms with Gasteiger partial charge < -0.3 is 15.2 Å². The van der Waals surface area contributed by atoms with Crippen LogP contribution in [-0.2, 0) is 0 Å². The molecular weight excluding hydrogens is 240 g/mol. The van der Waals surface area contributed by atoms with Crippen LogP contribution in [0.1, 0.15) is 22.7 Å². The van der Waals surface area contributed by atoms with E-state index in [2.05, 4.69) is 4.98 Å². The van der Waals surface area contributed by atoms with Crippen LogP contribution in [0.4, 0.5) is 0 Å². The number of rotatable bonds is 4. The summed E-state index contributed by atoms with van der Waals surface area (Å²) in [7, 11) is 3.23. The maximum absolute atomic E-state index is 6.31. The van der Waals surface area contributed by atoms with Crippen molar-refractivity contribution in [2.24, 2.45) is 5.73 Å². The molecule has 100 valence electrons. The van der Waals surface area contributed by atoms with Gasteiger partial charge in [-0.15, -0.1) is 0 Å². The molecule has 0 aliphatic heterocycles. The molecule has 0 amide bonds. The summed E-state index contributed by atoms with van der Waals surface area (Å²) in [5, 5.41) is 0. The average molecular weight is 258 g/mol. The third-order valence-corrected chi connectivity index (χ3v) is 3.17. The van der Waals surface area contributed by atoms with Crippen LogP contribution in [0.2, 0.25) is 0 Å². The van der Waals surface area contributed by atoms with Crippen LogP contribution in [0.15, 0.2) is 36.7 Å². The third-order valence-electron chi connectivity index (χ3n) is 3.17. The molecule has 1 aromatic heterocycles. The number of ether oxygens (including phenoxy) is 2. The Kier molecular flexibility index (Phi) is 4.02. The highest BCUT2D eigenvalue weighted by atomic mass is 16.5. The fourth-order valence-corrected chi connectivity index (χ4v) is 2.06. The summed E-state index contributed by atoms with van der Waals surface area (Å²) in [6, 6.07) is 7.46. The Balaban J connectivity index is 2.39. The van der Waals surface area contributed by atoms with E-state index in [1.165, 1.54) is 0 Å². The number of nitrogens with two attached hydrogens (primary N) is 1. The summed E-state index contributed by atoms with van der Waals surface area (Å²) in [6.45, 7) is 2.00. The van der Waals surface area contributed by atoms with E-state index in [-0.39, 0.29) is 6.04 Å². The van der Waals surface area contributed by atoms with Crippen LogP contribution in [0.5, 0.6) is 11.5 Å². The molecule has 1 aromatic carbocycles. The van der Waals surface area contributed by atoms with Gasteiger partial charge in [-0.05, 0) is 41.8 Å². The van der Waals surface area contributed by atoms with Crippen LogP contribution < -0.4 is 15.2 Å². The van der Waals surface area contributed by atoms with Crippen molar-refractivity contribution in [2.75, 3.05) is 14.2 Å². The Hall–Kier alpha value is -2.07. The smallest absolute Gasteiger partial charge is 0.161 e. The lowest BCUT2D eigenvalue weighted by molar-refractivity contribution is 0.354. The Morgan fingerprint density at radius 3 is 2.47 bits per heavy atom. The molecule has 4 nitrogen and oxygen atoms in total. The Bertz CT molecular complexity index is 570. The van der Waals surface area contributed by atoms with Gasteiger partial charge in [0.2, 0.25) is 0 Å². The van der Waals surface area contributed by atoms with Crippen LogP contribution in [0, 0.1) is 6.92 Å². The van der Waals surface area contributed by atoms with Crippen LogP contribution >= 0.6 is 0 Å². The van der Waals surface area contributed by atoms with Gasteiger partial charge in [-0.25, -0.2) is 0 Å². The summed E-state index contributed by atoms with van der Waals surface area (Å²) in [4.78, 5) is 4.08. The van der Waals surface area contributed by atoms with E-state index in [9.17, 15) is 0 Å². The zero-order valence-electron chi connectivity index (χ0n) is 11.4. The van der Waals surface area contributed by atoms with Crippen LogP contribution in [0.3, 0.4) is 0 Å². The number of hydrogen-bond donors (Lipinski definition) is 1. The molecule has 0 aliphatic rings. The van der Waals surface area contributed by atoms with Crippen LogP contribution in [-0.4, -0.2) is 19.2 Å². The van der Waals surface area contributed by atoms with Gasteiger partial charge in [-0.2, -0.15) is 0 Å². The summed E-state index contributed by atoms with van der Waals surface area (Å²) in [6.07, 6.45) is 3.57. The van der Waals surface area contributed by atoms with E-state index in [0.29, 0.717) is 11.5 Å². The normalized spacial score (nSPS) is 12.0. The molecular formula is C15H18N2O2. The van der Waals surface area contributed by atoms with Crippen molar-refractivity contribution in [3.05, 3.63) is 53.3 Å². The number of pyridine rings is 1. The number of hydrogen-bond acceptors (Lipinski definition) is 4. The first-order chi connectivity index (χ1) is 9.17. The molecule has 0 bridgehead atoms. The van der Waals surface area contributed by atoms with E-state index in [4.69, 9.17) is 15.2 Å². The second-order valence-corrected chi connectivity index (χ2v) is 4.32. The lowest BCUT2D eigenvalue weighted by Gasteiger charge is -2.16. The van der Waals surface area contributed by atoms with Crippen molar-refractivity contribution < 1.29 is 9.47 Å². The molecule has 0 radical (unpaired) electrons. The van der Waals surface area contributed by atoms with E-state index < -0.39 is 0 Å². The summed E-state index contributed by atoms with van der Waals surface area (Å²) >= 11 is 0. The number of nitrogens with zero attached hydrogens (tertiary/aromatic N) is 1. The predicted molar refractivity (Wildman–Crippen MR) is 74.6 cm³/mol. The van der Waals surface area contributed by atoms with Gasteiger partial charge in [0.25, 0.3) is 0 Å². The topological polar surface area (TPSA) is 57.4 Å². The Morgan fingerprint density at radius 2 is 1.84 bits per heavy atom. The quantitative estimate of drug-likeness (QED) is 0.915. The molecule has 0 saturated heterocycles. The first-order valence-electron chi connectivity index (χ1n) is 6.05. The molecule has 2 N–H and O–H groups in total. The standard InChI is InChI=1S/C15H18N2O2/c1-10-9-17-7-6-12(10)15(16)11-4-5-13(18-2)14(8-11)19-3/h4-9,15H,16H2,1-3H3. The third kappa shape index (κ3) is 2.69. The van der Waals surface area contributed by atoms with Crippen molar-refractivity contribution in [1.82, 2.24) is 4.98 Å². The van der Waals surface area contributed by atoms with Crippen molar-refractivity contribution >= 4 is 0 Å². The van der Waals surface area contributed by atoms with Crippen molar-refractivity contribution in [3.8, 4) is 11.5 Å². The average Bonchev–Trinajstić information content (AvgIpc) is 2.46. The minimum atomic E-state index is -0.206. The molecule has 4 heteroatoms. The molecule has 0 saturated carbocycles. The second kappa shape index (κ2) is 5.71. The van der Waals surface area contributed by atoms with Gasteiger partial charge in [0.15, 0.2) is 11.5 Å². The molecule has 1 unspecified atom stereocenters. The number of benzene rings is 1. The van der Waals surface area contributed by atoms with Gasteiger partial charge in [0.1, 0.15) is 0 Å². The number of aryl methyl sites for hydroxylation is 1. The first kappa shape index (κ1) is 13.4. The van der Waals surface area contributed by atoms with E-state index in [0.717, 1.165) is 16.7 Å². The number of methoxy groups -OCH3 is 2. The Labute approximate surface area is 113 Å². The molecule has 0 fully saturated rings. The van der Waals surface area contributed by atoms with Gasteiger partial charge in [0, 0.05) is 12.4 Å². The highest BCUT2D eigenvalue weighted by molar-refractivity contribution is 5.46. The summed E-state index contributed by atoms with van der Waals surface area (Å²) < 4.78 is 10.5. The summed E-state index contributed by atoms with van der Waals surface area (Å²) in [5.41, 5.74) is 9.42. The lowest BCUT2D eigenvalue weighted by Crippen LogP contribution is -2.13. The highest BCUT2D eigenvalue weighted by Crippen LogP contribution is 2.31. The molecule has 1 heterocycles. The minimum Gasteiger partial charge on any atom is -0.493 e. The van der Waals surface area contributed by atoms with E-state index in [1.807, 2.05) is 37.4 Å². The van der Waals surface area contributed by atoms with Crippen molar-refractivity contribution in [2.45, 2.75) is 13.0 Å². The fraction of sp³-hybridized carbons (Fsp3) is 0.267.